The third kappa shape index (κ3) is 1.63. The quantitative estimate of drug-likeness (QED) is 0.740. The lowest BCUT2D eigenvalue weighted by molar-refractivity contribution is 0.656. The normalized spacial score (nSPS) is 18.4. The summed E-state index contributed by atoms with van der Waals surface area (Å²) in [6, 6.07) is 0. The van der Waals surface area contributed by atoms with Gasteiger partial charge in [0.1, 0.15) is 12.2 Å². The second-order valence-corrected chi connectivity index (χ2v) is 3.80. The molecular weight excluding hydrogens is 218 g/mol. The second kappa shape index (κ2) is 3.47. The summed E-state index contributed by atoms with van der Waals surface area (Å²) in [7, 11) is 0. The molecule has 1 aliphatic carbocycles. The molecule has 0 atom stereocenters. The first kappa shape index (κ1) is 8.10. The van der Waals surface area contributed by atoms with E-state index in [0.29, 0.717) is 10.7 Å². The standard InChI is InChI=1S/C8H10BrN3/c9-8-11-5-10-7(12-8)6-3-1-2-4-6/h5-6H,1-4H2. The lowest BCUT2D eigenvalue weighted by Crippen LogP contribution is -2.01. The van der Waals surface area contributed by atoms with Gasteiger partial charge in [-0.3, -0.25) is 0 Å². The van der Waals surface area contributed by atoms with Gasteiger partial charge in [-0.05, 0) is 28.8 Å². The average molecular weight is 228 g/mol. The van der Waals surface area contributed by atoms with Gasteiger partial charge in [-0.1, -0.05) is 12.8 Å². The first-order valence-corrected chi connectivity index (χ1v) is 5.00. The van der Waals surface area contributed by atoms with Gasteiger partial charge in [0.05, 0.1) is 0 Å². The van der Waals surface area contributed by atoms with Crippen LogP contribution < -0.4 is 0 Å². The molecule has 0 saturated heterocycles. The van der Waals surface area contributed by atoms with Crippen molar-refractivity contribution in [3.63, 3.8) is 0 Å². The zero-order valence-electron chi connectivity index (χ0n) is 6.70. The summed E-state index contributed by atoms with van der Waals surface area (Å²) in [5, 5.41) is 0. The van der Waals surface area contributed by atoms with Crippen molar-refractivity contribution in [2.45, 2.75) is 31.6 Å². The third-order valence-corrected chi connectivity index (χ3v) is 2.66. The van der Waals surface area contributed by atoms with Gasteiger partial charge < -0.3 is 0 Å². The number of hydrogen-bond donors (Lipinski definition) is 0. The van der Waals surface area contributed by atoms with Crippen molar-refractivity contribution in [3.05, 3.63) is 16.9 Å². The minimum absolute atomic E-state index is 0.573. The topological polar surface area (TPSA) is 38.7 Å². The van der Waals surface area contributed by atoms with Crippen LogP contribution in [0.25, 0.3) is 0 Å². The van der Waals surface area contributed by atoms with E-state index in [-0.39, 0.29) is 0 Å². The van der Waals surface area contributed by atoms with E-state index in [9.17, 15) is 0 Å². The Labute approximate surface area is 79.8 Å². The summed E-state index contributed by atoms with van der Waals surface area (Å²) in [5.41, 5.74) is 0. The molecule has 1 fully saturated rings. The molecule has 2 rings (SSSR count). The predicted molar refractivity (Wildman–Crippen MR) is 48.7 cm³/mol. The molecule has 0 spiro atoms. The Balaban J connectivity index is 2.21. The van der Waals surface area contributed by atoms with Gasteiger partial charge in [0.2, 0.25) is 0 Å². The molecule has 3 nitrogen and oxygen atoms in total. The predicted octanol–water partition coefficient (Wildman–Crippen LogP) is 2.29. The van der Waals surface area contributed by atoms with E-state index in [1.165, 1.54) is 25.7 Å². The van der Waals surface area contributed by atoms with Gasteiger partial charge in [0, 0.05) is 5.92 Å². The van der Waals surface area contributed by atoms with Crippen LogP contribution in [0.5, 0.6) is 0 Å². The van der Waals surface area contributed by atoms with Crippen molar-refractivity contribution in [1.82, 2.24) is 15.0 Å². The van der Waals surface area contributed by atoms with E-state index >= 15 is 0 Å². The zero-order valence-corrected chi connectivity index (χ0v) is 8.29. The van der Waals surface area contributed by atoms with Crippen LogP contribution in [0.15, 0.2) is 11.1 Å². The molecule has 1 aliphatic rings. The molecule has 1 aromatic rings. The molecule has 12 heavy (non-hydrogen) atoms. The van der Waals surface area contributed by atoms with Crippen LogP contribution in [0.1, 0.15) is 37.4 Å². The largest absolute Gasteiger partial charge is 0.221 e. The maximum atomic E-state index is 4.25. The fourth-order valence-electron chi connectivity index (χ4n) is 1.67. The summed E-state index contributed by atoms with van der Waals surface area (Å²) >= 11 is 3.25. The van der Waals surface area contributed by atoms with E-state index in [1.54, 1.807) is 6.33 Å². The lowest BCUT2D eigenvalue weighted by Gasteiger charge is -2.05. The van der Waals surface area contributed by atoms with E-state index in [1.807, 2.05) is 0 Å². The van der Waals surface area contributed by atoms with Crippen molar-refractivity contribution < 1.29 is 0 Å². The van der Waals surface area contributed by atoms with Crippen LogP contribution >= 0.6 is 15.9 Å². The van der Waals surface area contributed by atoms with Crippen molar-refractivity contribution in [2.24, 2.45) is 0 Å². The van der Waals surface area contributed by atoms with Crippen molar-refractivity contribution in [2.75, 3.05) is 0 Å². The molecule has 0 aromatic carbocycles. The summed E-state index contributed by atoms with van der Waals surface area (Å²) in [5.74, 6) is 1.53. The first-order chi connectivity index (χ1) is 5.86. The van der Waals surface area contributed by atoms with Crippen molar-refractivity contribution in [1.29, 1.82) is 0 Å². The Morgan fingerprint density at radius 3 is 2.67 bits per heavy atom. The molecule has 1 saturated carbocycles. The van der Waals surface area contributed by atoms with Gasteiger partial charge >= 0.3 is 0 Å². The molecule has 0 N–H and O–H groups in total. The maximum Gasteiger partial charge on any atom is 0.199 e. The Bertz CT molecular complexity index is 271. The van der Waals surface area contributed by atoms with Crippen LogP contribution in [0, 0.1) is 0 Å². The number of hydrogen-bond acceptors (Lipinski definition) is 3. The maximum absolute atomic E-state index is 4.25. The monoisotopic (exact) mass is 227 g/mol. The molecule has 0 radical (unpaired) electrons. The molecule has 64 valence electrons. The van der Waals surface area contributed by atoms with Crippen LogP contribution in [-0.2, 0) is 0 Å². The molecule has 0 bridgehead atoms. The fraction of sp³-hybridized carbons (Fsp3) is 0.625. The molecule has 0 amide bonds. The van der Waals surface area contributed by atoms with Crippen LogP contribution in [0.3, 0.4) is 0 Å². The highest BCUT2D eigenvalue weighted by molar-refractivity contribution is 9.10. The van der Waals surface area contributed by atoms with E-state index in [0.717, 1.165) is 5.82 Å². The van der Waals surface area contributed by atoms with Crippen LogP contribution in [-0.4, -0.2) is 15.0 Å². The molecule has 4 heteroatoms. The summed E-state index contributed by atoms with van der Waals surface area (Å²) in [6.07, 6.45) is 6.67. The summed E-state index contributed by atoms with van der Waals surface area (Å²) in [4.78, 5) is 12.3. The van der Waals surface area contributed by atoms with Gasteiger partial charge in [-0.2, -0.15) is 0 Å². The highest BCUT2D eigenvalue weighted by atomic mass is 79.9. The Morgan fingerprint density at radius 2 is 2.00 bits per heavy atom. The lowest BCUT2D eigenvalue weighted by atomic mass is 10.1. The Kier molecular flexibility index (Phi) is 2.35. The van der Waals surface area contributed by atoms with Gasteiger partial charge in [0.25, 0.3) is 0 Å². The van der Waals surface area contributed by atoms with Crippen LogP contribution in [0.4, 0.5) is 0 Å². The molecule has 1 aromatic heterocycles. The highest BCUT2D eigenvalue weighted by Crippen LogP contribution is 2.31. The number of rotatable bonds is 1. The summed E-state index contributed by atoms with van der Waals surface area (Å²) in [6.45, 7) is 0. The average Bonchev–Trinajstić information content (AvgIpc) is 2.56. The minimum Gasteiger partial charge on any atom is -0.221 e. The summed E-state index contributed by atoms with van der Waals surface area (Å²) < 4.78 is 0.652. The fourth-order valence-corrected chi connectivity index (χ4v) is 1.94. The van der Waals surface area contributed by atoms with Crippen molar-refractivity contribution >= 4 is 15.9 Å². The van der Waals surface area contributed by atoms with E-state index in [2.05, 4.69) is 30.9 Å². The minimum atomic E-state index is 0.573. The molecule has 1 heterocycles. The van der Waals surface area contributed by atoms with E-state index < -0.39 is 0 Å². The SMILES string of the molecule is Brc1ncnc(C2CCCC2)n1. The molecule has 0 aliphatic heterocycles. The number of halogens is 1. The van der Waals surface area contributed by atoms with Gasteiger partial charge in [-0.25, -0.2) is 15.0 Å². The van der Waals surface area contributed by atoms with Crippen LogP contribution in [0.2, 0.25) is 0 Å². The first-order valence-electron chi connectivity index (χ1n) is 4.20. The van der Waals surface area contributed by atoms with Gasteiger partial charge in [0.15, 0.2) is 4.73 Å². The molecular formula is C8H10BrN3. The van der Waals surface area contributed by atoms with Crippen molar-refractivity contribution in [3.8, 4) is 0 Å². The van der Waals surface area contributed by atoms with Gasteiger partial charge in [-0.15, -0.1) is 0 Å². The highest BCUT2D eigenvalue weighted by Gasteiger charge is 2.19. The smallest absolute Gasteiger partial charge is 0.199 e. The zero-order chi connectivity index (χ0) is 8.39. The Morgan fingerprint density at radius 1 is 1.25 bits per heavy atom. The Hall–Kier alpha value is -0.510. The third-order valence-electron chi connectivity index (χ3n) is 2.28. The number of aromatic nitrogens is 3. The second-order valence-electron chi connectivity index (χ2n) is 3.09. The molecule has 0 unspecified atom stereocenters. The van der Waals surface area contributed by atoms with E-state index in [4.69, 9.17) is 0 Å². The number of nitrogens with zero attached hydrogens (tertiary/aromatic N) is 3.